The number of hydrogen-bond acceptors (Lipinski definition) is 5. The first-order valence-electron chi connectivity index (χ1n) is 8.90. The number of aryl methyl sites for hydroxylation is 2. The Morgan fingerprint density at radius 2 is 1.87 bits per heavy atom. The highest BCUT2D eigenvalue weighted by atomic mass is 35.5. The monoisotopic (exact) mass is 423 g/mol. The molecule has 0 aliphatic rings. The fourth-order valence-electron chi connectivity index (χ4n) is 2.83. The third-order valence-corrected chi connectivity index (χ3v) is 4.75. The molecule has 1 aromatic carbocycles. The van der Waals surface area contributed by atoms with Crippen LogP contribution in [-0.4, -0.2) is 23.7 Å². The second-order valence-corrected chi connectivity index (χ2v) is 6.86. The van der Waals surface area contributed by atoms with Gasteiger partial charge in [-0.2, -0.15) is 5.26 Å². The molecule has 0 saturated heterocycles. The Labute approximate surface area is 178 Å². The molecule has 0 aliphatic heterocycles. The van der Waals surface area contributed by atoms with Crippen LogP contribution in [0, 0.1) is 25.2 Å². The summed E-state index contributed by atoms with van der Waals surface area (Å²) >= 11 is 6.04. The van der Waals surface area contributed by atoms with Gasteiger partial charge in [0.05, 0.1) is 17.7 Å². The molecule has 0 unspecified atom stereocenters. The van der Waals surface area contributed by atoms with Crippen molar-refractivity contribution in [1.29, 1.82) is 5.26 Å². The van der Waals surface area contributed by atoms with E-state index in [1.54, 1.807) is 35.0 Å². The Morgan fingerprint density at radius 1 is 1.17 bits per heavy atom. The Bertz CT molecular complexity index is 1180. The first-order chi connectivity index (χ1) is 14.3. The van der Waals surface area contributed by atoms with E-state index in [1.165, 1.54) is 13.2 Å². The quantitative estimate of drug-likeness (QED) is 0.370. The van der Waals surface area contributed by atoms with E-state index >= 15 is 0 Å². The van der Waals surface area contributed by atoms with Crippen LogP contribution in [0.15, 0.2) is 52.5 Å². The van der Waals surface area contributed by atoms with Crippen LogP contribution in [0.1, 0.15) is 27.5 Å². The number of nitrogens with zero attached hydrogens (tertiary/aromatic N) is 2. The Kier molecular flexibility index (Phi) is 6.09. The fourth-order valence-corrected chi connectivity index (χ4v) is 3.02. The molecule has 0 bridgehead atoms. The number of halogens is 1. The molecule has 0 spiro atoms. The summed E-state index contributed by atoms with van der Waals surface area (Å²) < 4.78 is 12.1. The van der Waals surface area contributed by atoms with Gasteiger partial charge in [0.15, 0.2) is 0 Å². The predicted molar refractivity (Wildman–Crippen MR) is 112 cm³/mol. The molecule has 3 rings (SSSR count). The number of furan rings is 1. The van der Waals surface area contributed by atoms with Gasteiger partial charge >= 0.3 is 5.97 Å². The maximum absolute atomic E-state index is 12.5. The van der Waals surface area contributed by atoms with E-state index in [1.807, 2.05) is 32.0 Å². The van der Waals surface area contributed by atoms with Crippen LogP contribution in [0.25, 0.3) is 17.4 Å². The lowest BCUT2D eigenvalue weighted by molar-refractivity contribution is -0.113. The number of methoxy groups -OCH3 is 1. The zero-order chi connectivity index (χ0) is 21.8. The molecule has 1 amide bonds. The summed E-state index contributed by atoms with van der Waals surface area (Å²) in [5.74, 6) is -0.366. The van der Waals surface area contributed by atoms with E-state index in [2.05, 4.69) is 5.43 Å². The average Bonchev–Trinajstić information content (AvgIpc) is 3.33. The van der Waals surface area contributed by atoms with E-state index < -0.39 is 11.9 Å². The van der Waals surface area contributed by atoms with Gasteiger partial charge in [0.1, 0.15) is 23.2 Å². The fraction of sp³-hybridized carbons (Fsp3) is 0.136. The number of nitriles is 1. The smallest absolute Gasteiger partial charge is 0.339 e. The minimum Gasteiger partial charge on any atom is -0.465 e. The molecule has 0 radical (unpaired) electrons. The molecule has 152 valence electrons. The summed E-state index contributed by atoms with van der Waals surface area (Å²) in [7, 11) is 1.27. The highest BCUT2D eigenvalue weighted by Gasteiger charge is 2.15. The van der Waals surface area contributed by atoms with E-state index in [0.29, 0.717) is 17.1 Å². The van der Waals surface area contributed by atoms with Gasteiger partial charge in [0.2, 0.25) is 0 Å². The van der Waals surface area contributed by atoms with Gasteiger partial charge in [-0.1, -0.05) is 11.6 Å². The van der Waals surface area contributed by atoms with Crippen LogP contribution in [0.4, 0.5) is 0 Å². The molecule has 0 aliphatic carbocycles. The Hall–Kier alpha value is -3.76. The van der Waals surface area contributed by atoms with Gasteiger partial charge < -0.3 is 9.15 Å². The lowest BCUT2D eigenvalue weighted by Crippen LogP contribution is -2.25. The summed E-state index contributed by atoms with van der Waals surface area (Å²) in [5.41, 5.74) is 5.04. The minimum absolute atomic E-state index is 0.116. The van der Waals surface area contributed by atoms with Crippen molar-refractivity contribution in [3.8, 4) is 17.4 Å². The van der Waals surface area contributed by atoms with Gasteiger partial charge in [-0.3, -0.25) is 14.9 Å². The van der Waals surface area contributed by atoms with Gasteiger partial charge in [-0.05, 0) is 56.3 Å². The molecule has 8 heteroatoms. The summed E-state index contributed by atoms with van der Waals surface area (Å²) in [5, 5.41) is 9.67. The number of carbonyl (C=O) groups is 2. The summed E-state index contributed by atoms with van der Waals surface area (Å²) in [4.78, 5) is 24.3. The second-order valence-electron chi connectivity index (χ2n) is 6.45. The molecule has 30 heavy (non-hydrogen) atoms. The second kappa shape index (κ2) is 8.72. The van der Waals surface area contributed by atoms with Gasteiger partial charge in [-0.15, -0.1) is 0 Å². The Morgan fingerprint density at radius 3 is 2.50 bits per heavy atom. The number of esters is 1. The van der Waals surface area contributed by atoms with Gasteiger partial charge in [0, 0.05) is 23.0 Å². The van der Waals surface area contributed by atoms with Crippen molar-refractivity contribution in [1.82, 2.24) is 4.68 Å². The number of carbonyl (C=O) groups excluding carboxylic acids is 2. The number of hydrogen-bond donors (Lipinski definition) is 1. The van der Waals surface area contributed by atoms with Crippen molar-refractivity contribution in [2.24, 2.45) is 0 Å². The van der Waals surface area contributed by atoms with Crippen LogP contribution in [-0.2, 0) is 9.53 Å². The molecular weight excluding hydrogens is 406 g/mol. The van der Waals surface area contributed by atoms with Crippen LogP contribution >= 0.6 is 11.6 Å². The zero-order valence-electron chi connectivity index (χ0n) is 16.5. The molecule has 2 heterocycles. The third-order valence-electron chi connectivity index (χ3n) is 4.42. The van der Waals surface area contributed by atoms with Crippen molar-refractivity contribution >= 4 is 29.6 Å². The maximum Gasteiger partial charge on any atom is 0.339 e. The van der Waals surface area contributed by atoms with Crippen molar-refractivity contribution in [3.63, 3.8) is 0 Å². The summed E-state index contributed by atoms with van der Waals surface area (Å²) in [6.07, 6.45) is 1.35. The summed E-state index contributed by atoms with van der Waals surface area (Å²) in [6, 6.07) is 13.7. The average molecular weight is 424 g/mol. The van der Waals surface area contributed by atoms with E-state index in [4.69, 9.17) is 20.8 Å². The van der Waals surface area contributed by atoms with Crippen LogP contribution in [0.3, 0.4) is 0 Å². The molecule has 0 fully saturated rings. The summed E-state index contributed by atoms with van der Waals surface area (Å²) in [6.45, 7) is 3.69. The largest absolute Gasteiger partial charge is 0.465 e. The highest BCUT2D eigenvalue weighted by molar-refractivity contribution is 6.33. The van der Waals surface area contributed by atoms with Crippen molar-refractivity contribution in [3.05, 3.63) is 75.8 Å². The molecule has 2 aromatic heterocycles. The van der Waals surface area contributed by atoms with Crippen molar-refractivity contribution in [2.45, 2.75) is 13.8 Å². The minimum atomic E-state index is -0.562. The first-order valence-corrected chi connectivity index (χ1v) is 9.28. The molecule has 7 nitrogen and oxygen atoms in total. The highest BCUT2D eigenvalue weighted by Crippen LogP contribution is 2.28. The number of rotatable bonds is 5. The van der Waals surface area contributed by atoms with Gasteiger partial charge in [0.25, 0.3) is 5.91 Å². The lowest BCUT2D eigenvalue weighted by Gasteiger charge is -2.10. The van der Waals surface area contributed by atoms with Crippen LogP contribution in [0.2, 0.25) is 5.02 Å². The topological polar surface area (TPSA) is 97.3 Å². The number of amides is 1. The number of nitrogens with one attached hydrogen (secondary N) is 1. The maximum atomic E-state index is 12.5. The van der Waals surface area contributed by atoms with Crippen LogP contribution in [0.5, 0.6) is 0 Å². The normalized spacial score (nSPS) is 11.1. The number of benzene rings is 1. The van der Waals surface area contributed by atoms with Crippen molar-refractivity contribution < 1.29 is 18.7 Å². The third kappa shape index (κ3) is 4.29. The lowest BCUT2D eigenvalue weighted by atomic mass is 10.1. The zero-order valence-corrected chi connectivity index (χ0v) is 17.3. The molecule has 0 atom stereocenters. The molecule has 1 N–H and O–H groups in total. The molecule has 0 saturated carbocycles. The molecular formula is C22H18ClN3O4. The van der Waals surface area contributed by atoms with Crippen LogP contribution < -0.4 is 5.43 Å². The number of aromatic nitrogens is 1. The number of ether oxygens (including phenoxy) is 1. The van der Waals surface area contributed by atoms with Gasteiger partial charge in [-0.25, -0.2) is 4.79 Å². The Balaban J connectivity index is 1.86. The molecule has 3 aromatic rings. The predicted octanol–water partition coefficient (Wildman–Crippen LogP) is 4.48. The standard InChI is InChI=1S/C22H18ClN3O4/c1-13-4-5-14(2)26(13)25-21(27)16(12-24)10-17-7-9-20(30-17)15-6-8-19(23)18(11-15)22(28)29-3/h4-11H,1-3H3,(H,25,27)/b16-10-. The van der Waals surface area contributed by atoms with E-state index in [9.17, 15) is 14.9 Å². The van der Waals surface area contributed by atoms with E-state index in [0.717, 1.165) is 11.4 Å². The SMILES string of the molecule is COC(=O)c1cc(-c2ccc(/C=C(/C#N)C(=O)Nn3c(C)ccc3C)o2)ccc1Cl. The first kappa shape index (κ1) is 21.0. The van der Waals surface area contributed by atoms with Crippen molar-refractivity contribution in [2.75, 3.05) is 12.5 Å². The van der Waals surface area contributed by atoms with E-state index in [-0.39, 0.29) is 16.2 Å².